The molecule has 114 valence electrons. The fourth-order valence-corrected chi connectivity index (χ4v) is 1.57. The zero-order valence-electron chi connectivity index (χ0n) is 13.2. The molecule has 0 aliphatic heterocycles. The van der Waals surface area contributed by atoms with E-state index >= 15 is 0 Å². The summed E-state index contributed by atoms with van der Waals surface area (Å²) in [5, 5.41) is 3.31. The van der Waals surface area contributed by atoms with Gasteiger partial charge in [-0.3, -0.25) is 0 Å². The van der Waals surface area contributed by atoms with Crippen LogP contribution in [0, 0.1) is 17.2 Å². The van der Waals surface area contributed by atoms with E-state index in [0.717, 1.165) is 18.7 Å². The Kier molecular flexibility index (Phi) is 5.66. The topological polar surface area (TPSA) is 47.3 Å². The van der Waals surface area contributed by atoms with E-state index in [9.17, 15) is 4.39 Å². The average molecular weight is 282 g/mol. The van der Waals surface area contributed by atoms with Crippen LogP contribution in [0.25, 0.3) is 0 Å². The molecule has 1 rings (SSSR count). The van der Waals surface area contributed by atoms with Gasteiger partial charge in [-0.05, 0) is 17.8 Å². The van der Waals surface area contributed by atoms with Crippen LogP contribution in [0.3, 0.4) is 0 Å². The Morgan fingerprint density at radius 1 is 1.35 bits per heavy atom. The fourth-order valence-electron chi connectivity index (χ4n) is 1.57. The second kappa shape index (κ2) is 6.82. The molecule has 0 spiro atoms. The first-order valence-electron chi connectivity index (χ1n) is 7.23. The molecule has 4 heteroatoms. The van der Waals surface area contributed by atoms with Gasteiger partial charge in [0.25, 0.3) is 0 Å². The number of anilines is 2. The van der Waals surface area contributed by atoms with E-state index < -0.39 is 5.82 Å². The highest BCUT2D eigenvalue weighted by molar-refractivity contribution is 5.68. The molecule has 0 aliphatic carbocycles. The molecule has 0 aromatic heterocycles. The lowest BCUT2D eigenvalue weighted by atomic mass is 9.81. The van der Waals surface area contributed by atoms with Gasteiger partial charge in [0.2, 0.25) is 0 Å². The molecule has 1 aromatic rings. The molecule has 0 bridgehead atoms. The minimum Gasteiger partial charge on any atom is -0.490 e. The van der Waals surface area contributed by atoms with Crippen molar-refractivity contribution in [1.82, 2.24) is 0 Å². The standard InChI is InChI=1S/C16H27FN2O/c1-6-7-20-15-9-14(13(18)8-12(15)17)19-10-16(4,5)11(2)3/h8-9,11,19H,6-7,10,18H2,1-5H3. The van der Waals surface area contributed by atoms with Crippen molar-refractivity contribution in [3.8, 4) is 5.75 Å². The van der Waals surface area contributed by atoms with E-state index in [1.54, 1.807) is 6.07 Å². The molecule has 20 heavy (non-hydrogen) atoms. The fraction of sp³-hybridized carbons (Fsp3) is 0.625. The Hall–Kier alpha value is -1.45. The SMILES string of the molecule is CCCOc1cc(NCC(C)(C)C(C)C)c(N)cc1F. The predicted octanol–water partition coefficient (Wildman–Crippen LogP) is 4.29. The lowest BCUT2D eigenvalue weighted by Gasteiger charge is -2.30. The summed E-state index contributed by atoms with van der Waals surface area (Å²) in [5.41, 5.74) is 7.13. The molecule has 0 heterocycles. The average Bonchev–Trinajstić information content (AvgIpc) is 2.36. The largest absolute Gasteiger partial charge is 0.490 e. The van der Waals surface area contributed by atoms with Gasteiger partial charge in [0.15, 0.2) is 11.6 Å². The van der Waals surface area contributed by atoms with Gasteiger partial charge in [0.05, 0.1) is 18.0 Å². The maximum Gasteiger partial charge on any atom is 0.167 e. The van der Waals surface area contributed by atoms with Crippen LogP contribution >= 0.6 is 0 Å². The van der Waals surface area contributed by atoms with Gasteiger partial charge < -0.3 is 15.8 Å². The third-order valence-corrected chi connectivity index (χ3v) is 3.86. The normalized spacial score (nSPS) is 11.8. The summed E-state index contributed by atoms with van der Waals surface area (Å²) < 4.78 is 19.1. The zero-order valence-corrected chi connectivity index (χ0v) is 13.2. The summed E-state index contributed by atoms with van der Waals surface area (Å²) in [7, 11) is 0. The van der Waals surface area contributed by atoms with Crippen molar-refractivity contribution < 1.29 is 9.13 Å². The Labute approximate surface area is 121 Å². The third kappa shape index (κ3) is 4.29. The third-order valence-electron chi connectivity index (χ3n) is 3.86. The van der Waals surface area contributed by atoms with E-state index in [1.807, 2.05) is 6.92 Å². The van der Waals surface area contributed by atoms with Crippen molar-refractivity contribution in [3.05, 3.63) is 17.9 Å². The number of nitrogens with two attached hydrogens (primary N) is 1. The van der Waals surface area contributed by atoms with Gasteiger partial charge in [-0.2, -0.15) is 0 Å². The quantitative estimate of drug-likeness (QED) is 0.733. The number of ether oxygens (including phenoxy) is 1. The maximum absolute atomic E-state index is 13.7. The molecule has 1 aromatic carbocycles. The lowest BCUT2D eigenvalue weighted by molar-refractivity contribution is 0.269. The summed E-state index contributed by atoms with van der Waals surface area (Å²) in [6.45, 7) is 12.0. The van der Waals surface area contributed by atoms with E-state index in [4.69, 9.17) is 10.5 Å². The first-order valence-corrected chi connectivity index (χ1v) is 7.23. The monoisotopic (exact) mass is 282 g/mol. The second-order valence-electron chi connectivity index (χ2n) is 6.22. The summed E-state index contributed by atoms with van der Waals surface area (Å²) in [6, 6.07) is 2.96. The number of rotatable bonds is 7. The van der Waals surface area contributed by atoms with Gasteiger partial charge in [-0.1, -0.05) is 34.6 Å². The Bertz CT molecular complexity index is 444. The van der Waals surface area contributed by atoms with Crippen molar-refractivity contribution in [2.24, 2.45) is 11.3 Å². The van der Waals surface area contributed by atoms with Crippen LogP contribution in [0.1, 0.15) is 41.0 Å². The molecule has 0 aliphatic rings. The molecule has 0 atom stereocenters. The van der Waals surface area contributed by atoms with Crippen LogP contribution in [0.5, 0.6) is 5.75 Å². The summed E-state index contributed by atoms with van der Waals surface area (Å²) in [5.74, 6) is 0.378. The lowest BCUT2D eigenvalue weighted by Crippen LogP contribution is -2.28. The van der Waals surface area contributed by atoms with Crippen LogP contribution in [0.4, 0.5) is 15.8 Å². The molecule has 0 fully saturated rings. The molecular formula is C16H27FN2O. The number of benzene rings is 1. The highest BCUT2D eigenvalue weighted by Crippen LogP contribution is 2.31. The van der Waals surface area contributed by atoms with E-state index in [-0.39, 0.29) is 11.2 Å². The van der Waals surface area contributed by atoms with Crippen LogP contribution in [-0.2, 0) is 0 Å². The van der Waals surface area contributed by atoms with Crippen LogP contribution < -0.4 is 15.8 Å². The molecule has 3 nitrogen and oxygen atoms in total. The minimum atomic E-state index is -0.412. The van der Waals surface area contributed by atoms with Crippen molar-refractivity contribution >= 4 is 11.4 Å². The summed E-state index contributed by atoms with van der Waals surface area (Å²) in [6.07, 6.45) is 0.840. The van der Waals surface area contributed by atoms with Crippen LogP contribution in [-0.4, -0.2) is 13.2 Å². The number of nitrogen functional groups attached to an aromatic ring is 1. The number of hydrogen-bond donors (Lipinski definition) is 2. The Morgan fingerprint density at radius 2 is 2.00 bits per heavy atom. The molecule has 0 amide bonds. The molecule has 0 unspecified atom stereocenters. The van der Waals surface area contributed by atoms with Crippen molar-refractivity contribution in [2.75, 3.05) is 24.2 Å². The van der Waals surface area contributed by atoms with Gasteiger partial charge in [0, 0.05) is 18.7 Å². The highest BCUT2D eigenvalue weighted by atomic mass is 19.1. The van der Waals surface area contributed by atoms with Crippen molar-refractivity contribution in [1.29, 1.82) is 0 Å². The molecule has 0 saturated heterocycles. The Morgan fingerprint density at radius 3 is 2.55 bits per heavy atom. The first-order chi connectivity index (χ1) is 9.27. The minimum absolute atomic E-state index is 0.130. The van der Waals surface area contributed by atoms with Crippen molar-refractivity contribution in [3.63, 3.8) is 0 Å². The number of nitrogens with one attached hydrogen (secondary N) is 1. The van der Waals surface area contributed by atoms with Gasteiger partial charge in [-0.15, -0.1) is 0 Å². The van der Waals surface area contributed by atoms with E-state index in [1.165, 1.54) is 6.07 Å². The molecule has 3 N–H and O–H groups in total. The summed E-state index contributed by atoms with van der Waals surface area (Å²) in [4.78, 5) is 0. The zero-order chi connectivity index (χ0) is 15.3. The maximum atomic E-state index is 13.7. The summed E-state index contributed by atoms with van der Waals surface area (Å²) >= 11 is 0. The van der Waals surface area contributed by atoms with Crippen LogP contribution in [0.2, 0.25) is 0 Å². The molecular weight excluding hydrogens is 255 g/mol. The first kappa shape index (κ1) is 16.6. The van der Waals surface area contributed by atoms with E-state index in [2.05, 4.69) is 33.0 Å². The Balaban J connectivity index is 2.84. The second-order valence-corrected chi connectivity index (χ2v) is 6.22. The highest BCUT2D eigenvalue weighted by Gasteiger charge is 2.22. The number of hydrogen-bond acceptors (Lipinski definition) is 3. The van der Waals surface area contributed by atoms with Gasteiger partial charge in [0.1, 0.15) is 0 Å². The van der Waals surface area contributed by atoms with E-state index in [0.29, 0.717) is 18.2 Å². The predicted molar refractivity (Wildman–Crippen MR) is 83.7 cm³/mol. The van der Waals surface area contributed by atoms with Crippen molar-refractivity contribution in [2.45, 2.75) is 41.0 Å². The smallest absolute Gasteiger partial charge is 0.167 e. The van der Waals surface area contributed by atoms with Gasteiger partial charge in [-0.25, -0.2) is 4.39 Å². The van der Waals surface area contributed by atoms with Crippen LogP contribution in [0.15, 0.2) is 12.1 Å². The number of halogens is 1. The van der Waals surface area contributed by atoms with Gasteiger partial charge >= 0.3 is 0 Å². The molecule has 0 saturated carbocycles. The molecule has 0 radical (unpaired) electrons.